The number of rotatable bonds is 2. The maximum absolute atomic E-state index is 13.9. The van der Waals surface area contributed by atoms with E-state index in [-0.39, 0.29) is 22.6 Å². The van der Waals surface area contributed by atoms with E-state index >= 15 is 0 Å². The van der Waals surface area contributed by atoms with E-state index < -0.39 is 22.2 Å². The first-order valence-corrected chi connectivity index (χ1v) is 5.47. The fourth-order valence-corrected chi connectivity index (χ4v) is 1.95. The summed E-state index contributed by atoms with van der Waals surface area (Å²) in [4.78, 5) is 10.2. The highest BCUT2D eigenvalue weighted by atomic mass is 19.1. The van der Waals surface area contributed by atoms with E-state index in [9.17, 15) is 18.9 Å². The van der Waals surface area contributed by atoms with Crippen molar-refractivity contribution in [2.75, 3.05) is 0 Å². The number of halogens is 2. The Labute approximate surface area is 112 Å². The highest BCUT2D eigenvalue weighted by molar-refractivity contribution is 5.48. The van der Waals surface area contributed by atoms with Crippen molar-refractivity contribution in [2.45, 2.75) is 13.8 Å². The van der Waals surface area contributed by atoms with Gasteiger partial charge in [0.15, 0.2) is 11.6 Å². The molecular formula is C12H8F2N4O2. The van der Waals surface area contributed by atoms with Crippen LogP contribution in [0.3, 0.4) is 0 Å². The van der Waals surface area contributed by atoms with Gasteiger partial charge in [0.05, 0.1) is 16.6 Å². The maximum Gasteiger partial charge on any atom is 0.313 e. The molecule has 0 bridgehead atoms. The molecule has 0 fully saturated rings. The van der Waals surface area contributed by atoms with Crippen molar-refractivity contribution in [1.29, 1.82) is 5.26 Å². The molecule has 1 heterocycles. The summed E-state index contributed by atoms with van der Waals surface area (Å²) in [6, 6.07) is 3.31. The summed E-state index contributed by atoms with van der Waals surface area (Å²) in [5.74, 6) is -2.02. The summed E-state index contributed by atoms with van der Waals surface area (Å²) in [6.07, 6.45) is 0. The lowest BCUT2D eigenvalue weighted by Crippen LogP contribution is -2.06. The van der Waals surface area contributed by atoms with E-state index in [2.05, 4.69) is 5.10 Å². The van der Waals surface area contributed by atoms with E-state index in [0.29, 0.717) is 0 Å². The van der Waals surface area contributed by atoms with Gasteiger partial charge >= 0.3 is 5.69 Å². The second kappa shape index (κ2) is 4.70. The minimum Gasteiger partial charge on any atom is -0.258 e. The van der Waals surface area contributed by atoms with Gasteiger partial charge in [-0.05, 0) is 26.0 Å². The molecule has 0 radical (unpaired) electrons. The number of benzene rings is 1. The number of nitrogens with zero attached hydrogens (tertiary/aromatic N) is 4. The first-order valence-electron chi connectivity index (χ1n) is 5.47. The molecule has 8 heteroatoms. The predicted octanol–water partition coefficient (Wildman–Crippen LogP) is 2.55. The molecule has 0 aliphatic heterocycles. The van der Waals surface area contributed by atoms with Crippen LogP contribution in [0.4, 0.5) is 14.5 Å². The molecule has 0 aliphatic carbocycles. The summed E-state index contributed by atoms with van der Waals surface area (Å²) < 4.78 is 28.6. The largest absolute Gasteiger partial charge is 0.313 e. The zero-order valence-electron chi connectivity index (χ0n) is 10.5. The predicted molar refractivity (Wildman–Crippen MR) is 64.3 cm³/mol. The Morgan fingerprint density at radius 3 is 2.30 bits per heavy atom. The van der Waals surface area contributed by atoms with Gasteiger partial charge in [-0.3, -0.25) is 10.1 Å². The normalized spacial score (nSPS) is 10.3. The van der Waals surface area contributed by atoms with Gasteiger partial charge < -0.3 is 0 Å². The number of aryl methyl sites for hydroxylation is 1. The van der Waals surface area contributed by atoms with Gasteiger partial charge in [0, 0.05) is 0 Å². The Morgan fingerprint density at radius 2 is 1.90 bits per heavy atom. The zero-order valence-corrected chi connectivity index (χ0v) is 10.5. The third kappa shape index (κ3) is 1.99. The quantitative estimate of drug-likeness (QED) is 0.624. The molecule has 1 aromatic carbocycles. The molecule has 0 N–H and O–H groups in total. The minimum atomic E-state index is -1.01. The van der Waals surface area contributed by atoms with Crippen LogP contribution < -0.4 is 0 Å². The standard InChI is InChI=1S/C12H8F2N4O2/c1-6-11(18(19)20)7(2)17(16-6)12-9(13)3-8(5-15)4-10(12)14/h3-4H,1-2H3. The minimum absolute atomic E-state index is 0.00927. The number of aromatic nitrogens is 2. The van der Waals surface area contributed by atoms with Crippen LogP contribution in [0.15, 0.2) is 12.1 Å². The van der Waals surface area contributed by atoms with Crippen molar-refractivity contribution >= 4 is 5.69 Å². The van der Waals surface area contributed by atoms with Crippen LogP contribution in [0.25, 0.3) is 5.69 Å². The molecule has 20 heavy (non-hydrogen) atoms. The van der Waals surface area contributed by atoms with E-state index in [4.69, 9.17) is 5.26 Å². The third-order valence-corrected chi connectivity index (χ3v) is 2.79. The van der Waals surface area contributed by atoms with Gasteiger partial charge in [-0.1, -0.05) is 0 Å². The smallest absolute Gasteiger partial charge is 0.258 e. The van der Waals surface area contributed by atoms with Gasteiger partial charge in [-0.25, -0.2) is 13.5 Å². The number of hydrogen-bond acceptors (Lipinski definition) is 4. The molecule has 2 rings (SSSR count). The van der Waals surface area contributed by atoms with Gasteiger partial charge in [-0.2, -0.15) is 10.4 Å². The molecule has 0 unspecified atom stereocenters. The van der Waals surface area contributed by atoms with Crippen LogP contribution in [0.2, 0.25) is 0 Å². The van der Waals surface area contributed by atoms with Crippen molar-refractivity contribution in [3.63, 3.8) is 0 Å². The first-order chi connectivity index (χ1) is 9.36. The van der Waals surface area contributed by atoms with Crippen LogP contribution in [0, 0.1) is 46.9 Å². The summed E-state index contributed by atoms with van der Waals surface area (Å²) in [5.41, 5.74) is -0.962. The molecule has 0 atom stereocenters. The second-order valence-electron chi connectivity index (χ2n) is 4.09. The lowest BCUT2D eigenvalue weighted by atomic mass is 10.2. The Morgan fingerprint density at radius 1 is 1.35 bits per heavy atom. The third-order valence-electron chi connectivity index (χ3n) is 2.79. The van der Waals surface area contributed by atoms with Crippen LogP contribution in [-0.2, 0) is 0 Å². The lowest BCUT2D eigenvalue weighted by Gasteiger charge is -2.07. The van der Waals surface area contributed by atoms with Crippen molar-refractivity contribution in [1.82, 2.24) is 9.78 Å². The monoisotopic (exact) mass is 278 g/mol. The van der Waals surface area contributed by atoms with E-state index in [1.165, 1.54) is 13.8 Å². The zero-order chi connectivity index (χ0) is 15.0. The summed E-state index contributed by atoms with van der Waals surface area (Å²) in [7, 11) is 0. The molecule has 0 spiro atoms. The molecule has 6 nitrogen and oxygen atoms in total. The SMILES string of the molecule is Cc1nn(-c2c(F)cc(C#N)cc2F)c(C)c1[N+](=O)[O-]. The lowest BCUT2D eigenvalue weighted by molar-refractivity contribution is -0.386. The Kier molecular flexibility index (Phi) is 3.19. The maximum atomic E-state index is 13.9. The summed E-state index contributed by atoms with van der Waals surface area (Å²) in [6.45, 7) is 2.72. The van der Waals surface area contributed by atoms with Crippen molar-refractivity contribution < 1.29 is 13.7 Å². The average Bonchev–Trinajstić information content (AvgIpc) is 2.63. The highest BCUT2D eigenvalue weighted by Crippen LogP contribution is 2.27. The van der Waals surface area contributed by atoms with Crippen LogP contribution in [0.1, 0.15) is 17.0 Å². The van der Waals surface area contributed by atoms with Crippen LogP contribution >= 0.6 is 0 Å². The topological polar surface area (TPSA) is 84.8 Å². The van der Waals surface area contributed by atoms with Crippen molar-refractivity contribution in [2.24, 2.45) is 0 Å². The first kappa shape index (κ1) is 13.6. The Hall–Kier alpha value is -2.82. The fraction of sp³-hybridized carbons (Fsp3) is 0.167. The van der Waals surface area contributed by atoms with Crippen molar-refractivity contribution in [3.05, 3.63) is 50.8 Å². The molecule has 102 valence electrons. The molecule has 0 aliphatic rings. The highest BCUT2D eigenvalue weighted by Gasteiger charge is 2.25. The Balaban J connectivity index is 2.74. The van der Waals surface area contributed by atoms with Gasteiger partial charge in [-0.15, -0.1) is 0 Å². The number of nitriles is 1. The molecule has 1 aromatic heterocycles. The van der Waals surface area contributed by atoms with Crippen molar-refractivity contribution in [3.8, 4) is 11.8 Å². The molecule has 0 saturated heterocycles. The van der Waals surface area contributed by atoms with Gasteiger partial charge in [0.1, 0.15) is 17.1 Å². The van der Waals surface area contributed by atoms with Crippen LogP contribution in [0.5, 0.6) is 0 Å². The molecular weight excluding hydrogens is 270 g/mol. The van der Waals surface area contributed by atoms with Gasteiger partial charge in [0.2, 0.25) is 0 Å². The fourth-order valence-electron chi connectivity index (χ4n) is 1.95. The molecule has 0 saturated carbocycles. The summed E-state index contributed by atoms with van der Waals surface area (Å²) >= 11 is 0. The van der Waals surface area contributed by atoms with E-state index in [1.54, 1.807) is 6.07 Å². The second-order valence-corrected chi connectivity index (χ2v) is 4.09. The average molecular weight is 278 g/mol. The van der Waals surface area contributed by atoms with E-state index in [0.717, 1.165) is 16.8 Å². The number of nitro groups is 1. The summed E-state index contributed by atoms with van der Waals surface area (Å²) in [5, 5.41) is 23.3. The van der Waals surface area contributed by atoms with Gasteiger partial charge in [0.25, 0.3) is 0 Å². The van der Waals surface area contributed by atoms with Crippen LogP contribution in [-0.4, -0.2) is 14.7 Å². The molecule has 2 aromatic rings. The number of hydrogen-bond donors (Lipinski definition) is 0. The van der Waals surface area contributed by atoms with E-state index in [1.807, 2.05) is 0 Å². The molecule has 0 amide bonds. The Bertz CT molecular complexity index is 739.